The summed E-state index contributed by atoms with van der Waals surface area (Å²) in [5.41, 5.74) is 2.77. The number of carbonyl (C=O) groups is 1. The number of benzene rings is 3. The van der Waals surface area contributed by atoms with Crippen LogP contribution in [0, 0.1) is 0 Å². The first-order valence-electron chi connectivity index (χ1n) is 13.1. The molecular weight excluding hydrogens is 528 g/mol. The number of thioether (sulfide) groups is 1. The average molecular weight is 559 g/mol. The Hall–Kier alpha value is -4.18. The smallest absolute Gasteiger partial charge is 0.234 e. The molecule has 0 radical (unpaired) electrons. The lowest BCUT2D eigenvalue weighted by Crippen LogP contribution is -2.25. The first-order chi connectivity index (χ1) is 19.3. The predicted octanol–water partition coefficient (Wildman–Crippen LogP) is 5.58. The van der Waals surface area contributed by atoms with Crippen molar-refractivity contribution < 1.29 is 23.7 Å². The third kappa shape index (κ3) is 5.44. The topological polar surface area (TPSA) is 96.7 Å². The molecule has 0 saturated heterocycles. The van der Waals surface area contributed by atoms with Gasteiger partial charge in [0, 0.05) is 11.8 Å². The summed E-state index contributed by atoms with van der Waals surface area (Å²) < 4.78 is 25.6. The van der Waals surface area contributed by atoms with Gasteiger partial charge in [0.1, 0.15) is 19.8 Å². The summed E-state index contributed by atoms with van der Waals surface area (Å²) in [5.74, 6) is 3.22. The molecule has 1 amide bonds. The van der Waals surface area contributed by atoms with Crippen molar-refractivity contribution in [3.63, 3.8) is 0 Å². The van der Waals surface area contributed by atoms with Gasteiger partial charge in [-0.3, -0.25) is 9.36 Å². The van der Waals surface area contributed by atoms with Gasteiger partial charge < -0.3 is 24.3 Å². The van der Waals surface area contributed by atoms with Gasteiger partial charge in [-0.1, -0.05) is 56.8 Å². The van der Waals surface area contributed by atoms with Crippen LogP contribution in [0.2, 0.25) is 0 Å². The van der Waals surface area contributed by atoms with Crippen molar-refractivity contribution >= 4 is 23.4 Å². The Labute approximate surface area is 236 Å². The van der Waals surface area contributed by atoms with Gasteiger partial charge in [0.2, 0.25) is 5.91 Å². The molecule has 6 rings (SSSR count). The van der Waals surface area contributed by atoms with E-state index < -0.39 is 6.10 Å². The molecule has 0 fully saturated rings. The first-order valence-corrected chi connectivity index (χ1v) is 14.1. The van der Waals surface area contributed by atoms with Crippen LogP contribution < -0.4 is 24.3 Å². The number of hydrogen-bond donors (Lipinski definition) is 1. The molecule has 1 aromatic heterocycles. The standard InChI is InChI=1S/C30H30N4O5S/c1-30(2,3)19-8-10-20(11-9-19)31-27(35)18-40-29-33-32-28(26-17-38-22-6-4-5-7-24(22)39-26)34(29)21-12-13-23-25(16-21)37-15-14-36-23/h4-13,16,26H,14-15,17-18H2,1-3H3,(H,31,35). The molecule has 0 spiro atoms. The average Bonchev–Trinajstić information content (AvgIpc) is 3.39. The molecule has 0 bridgehead atoms. The van der Waals surface area contributed by atoms with Crippen molar-refractivity contribution in [1.29, 1.82) is 0 Å². The van der Waals surface area contributed by atoms with E-state index in [1.807, 2.05) is 71.3 Å². The monoisotopic (exact) mass is 558 g/mol. The number of nitrogens with zero attached hydrogens (tertiary/aromatic N) is 3. The van der Waals surface area contributed by atoms with Crippen LogP contribution in [0.1, 0.15) is 38.3 Å². The van der Waals surface area contributed by atoms with Crippen LogP contribution in [0.25, 0.3) is 5.69 Å². The lowest BCUT2D eigenvalue weighted by atomic mass is 9.87. The Morgan fingerprint density at radius 2 is 1.65 bits per heavy atom. The molecule has 40 heavy (non-hydrogen) atoms. The van der Waals surface area contributed by atoms with E-state index in [4.69, 9.17) is 18.9 Å². The fourth-order valence-electron chi connectivity index (χ4n) is 4.52. The van der Waals surface area contributed by atoms with E-state index in [1.165, 1.54) is 17.3 Å². The van der Waals surface area contributed by atoms with Gasteiger partial charge in [0.05, 0.1) is 11.4 Å². The lowest BCUT2D eigenvalue weighted by Gasteiger charge is -2.26. The number of hydrogen-bond acceptors (Lipinski definition) is 8. The van der Waals surface area contributed by atoms with Crippen LogP contribution in [-0.2, 0) is 10.2 Å². The second-order valence-electron chi connectivity index (χ2n) is 10.5. The Balaban J connectivity index is 1.25. The molecule has 0 aliphatic carbocycles. The molecule has 1 N–H and O–H groups in total. The van der Waals surface area contributed by atoms with Crippen molar-refractivity contribution in [2.45, 2.75) is 37.4 Å². The number of nitrogens with one attached hydrogen (secondary N) is 1. The van der Waals surface area contributed by atoms with E-state index in [1.54, 1.807) is 0 Å². The van der Waals surface area contributed by atoms with Gasteiger partial charge in [-0.15, -0.1) is 10.2 Å². The Bertz CT molecular complexity index is 1530. The molecule has 2 aliphatic heterocycles. The molecular formula is C30H30N4O5S. The third-order valence-corrected chi connectivity index (χ3v) is 7.53. The van der Waals surface area contributed by atoms with Crippen molar-refractivity contribution in [3.05, 3.63) is 78.1 Å². The fraction of sp³-hybridized carbons (Fsp3) is 0.300. The Morgan fingerprint density at radius 1 is 0.925 bits per heavy atom. The number of aromatic nitrogens is 3. The van der Waals surface area contributed by atoms with Gasteiger partial charge in [-0.05, 0) is 47.4 Å². The summed E-state index contributed by atoms with van der Waals surface area (Å²) in [4.78, 5) is 12.9. The minimum absolute atomic E-state index is 0.0448. The molecule has 4 aromatic rings. The zero-order chi connectivity index (χ0) is 27.7. The maximum absolute atomic E-state index is 12.9. The Morgan fingerprint density at radius 3 is 2.42 bits per heavy atom. The molecule has 1 atom stereocenters. The number of amides is 1. The molecule has 206 valence electrons. The molecule has 2 aliphatic rings. The number of ether oxygens (including phenoxy) is 4. The normalized spacial score (nSPS) is 15.9. The number of para-hydroxylation sites is 2. The van der Waals surface area contributed by atoms with Gasteiger partial charge in [0.25, 0.3) is 0 Å². The zero-order valence-electron chi connectivity index (χ0n) is 22.5. The van der Waals surface area contributed by atoms with E-state index in [2.05, 4.69) is 36.3 Å². The largest absolute Gasteiger partial charge is 0.486 e. The molecule has 3 aromatic carbocycles. The van der Waals surface area contributed by atoms with Crippen LogP contribution in [-0.4, -0.2) is 46.2 Å². The second-order valence-corrected chi connectivity index (χ2v) is 11.5. The quantitative estimate of drug-likeness (QED) is 0.307. The highest BCUT2D eigenvalue weighted by atomic mass is 32.2. The van der Waals surface area contributed by atoms with Crippen LogP contribution in [0.15, 0.2) is 71.9 Å². The van der Waals surface area contributed by atoms with Crippen molar-refractivity contribution in [2.75, 3.05) is 30.9 Å². The van der Waals surface area contributed by atoms with E-state index in [-0.39, 0.29) is 23.7 Å². The summed E-state index contributed by atoms with van der Waals surface area (Å²) in [5, 5.41) is 12.4. The lowest BCUT2D eigenvalue weighted by molar-refractivity contribution is -0.113. The third-order valence-electron chi connectivity index (χ3n) is 6.61. The van der Waals surface area contributed by atoms with E-state index in [9.17, 15) is 4.79 Å². The first kappa shape index (κ1) is 26.1. The number of fused-ring (bicyclic) bond motifs is 2. The minimum Gasteiger partial charge on any atom is -0.486 e. The molecule has 3 heterocycles. The molecule has 0 saturated carbocycles. The summed E-state index contributed by atoms with van der Waals surface area (Å²) in [6, 6.07) is 21.1. The number of carbonyl (C=O) groups excluding carboxylic acids is 1. The summed E-state index contributed by atoms with van der Waals surface area (Å²) in [7, 11) is 0. The van der Waals surface area contributed by atoms with E-state index in [0.29, 0.717) is 47.2 Å². The maximum Gasteiger partial charge on any atom is 0.234 e. The SMILES string of the molecule is CC(C)(C)c1ccc(NC(=O)CSc2nnc(C3COc4ccccc4O3)n2-c2ccc3c(c2)OCCO3)cc1. The highest BCUT2D eigenvalue weighted by molar-refractivity contribution is 7.99. The van der Waals surface area contributed by atoms with Gasteiger partial charge in [0.15, 0.2) is 40.1 Å². The van der Waals surface area contributed by atoms with Crippen LogP contribution in [0.4, 0.5) is 5.69 Å². The van der Waals surface area contributed by atoms with Crippen molar-refractivity contribution in [2.24, 2.45) is 0 Å². The number of anilines is 1. The fourth-order valence-corrected chi connectivity index (χ4v) is 5.28. The summed E-state index contributed by atoms with van der Waals surface area (Å²) in [6.45, 7) is 7.73. The molecule has 9 nitrogen and oxygen atoms in total. The van der Waals surface area contributed by atoms with Crippen molar-refractivity contribution in [1.82, 2.24) is 14.8 Å². The summed E-state index contributed by atoms with van der Waals surface area (Å²) >= 11 is 1.29. The summed E-state index contributed by atoms with van der Waals surface area (Å²) in [6.07, 6.45) is -0.500. The van der Waals surface area contributed by atoms with Crippen molar-refractivity contribution in [3.8, 4) is 28.7 Å². The number of rotatable bonds is 6. The van der Waals surface area contributed by atoms with Crippen LogP contribution >= 0.6 is 11.8 Å². The predicted molar refractivity (Wildman–Crippen MR) is 152 cm³/mol. The zero-order valence-corrected chi connectivity index (χ0v) is 23.4. The second kappa shape index (κ2) is 10.8. The van der Waals surface area contributed by atoms with E-state index in [0.717, 1.165) is 11.4 Å². The van der Waals surface area contributed by atoms with Gasteiger partial charge in [-0.25, -0.2) is 0 Å². The van der Waals surface area contributed by atoms with Crippen LogP contribution in [0.5, 0.6) is 23.0 Å². The van der Waals surface area contributed by atoms with E-state index >= 15 is 0 Å². The van der Waals surface area contributed by atoms with Gasteiger partial charge >= 0.3 is 0 Å². The van der Waals surface area contributed by atoms with Crippen LogP contribution in [0.3, 0.4) is 0 Å². The maximum atomic E-state index is 12.9. The van der Waals surface area contributed by atoms with Gasteiger partial charge in [-0.2, -0.15) is 0 Å². The highest BCUT2D eigenvalue weighted by Gasteiger charge is 2.30. The Kier molecular flexibility index (Phi) is 7.02. The minimum atomic E-state index is -0.500. The highest BCUT2D eigenvalue weighted by Crippen LogP contribution is 2.38. The molecule has 10 heteroatoms. The molecule has 1 unspecified atom stereocenters.